The van der Waals surface area contributed by atoms with E-state index >= 15 is 0 Å². The summed E-state index contributed by atoms with van der Waals surface area (Å²) in [4.78, 5) is 0. The minimum atomic E-state index is 0.796. The van der Waals surface area contributed by atoms with Gasteiger partial charge in [0.25, 0.3) is 0 Å². The zero-order valence-corrected chi connectivity index (χ0v) is 12.3. The summed E-state index contributed by atoms with van der Waals surface area (Å²) in [5, 5.41) is 0. The quantitative estimate of drug-likeness (QED) is 0.292. The summed E-state index contributed by atoms with van der Waals surface area (Å²) in [5.41, 5.74) is 0. The molecule has 17 heavy (non-hydrogen) atoms. The van der Waals surface area contributed by atoms with Gasteiger partial charge in [0, 0.05) is 0 Å². The van der Waals surface area contributed by atoms with Gasteiger partial charge in [0.15, 0.2) is 0 Å². The maximum absolute atomic E-state index is 2.36. The summed E-state index contributed by atoms with van der Waals surface area (Å²) < 4.78 is 0. The molecule has 0 heteroatoms. The van der Waals surface area contributed by atoms with Crippen LogP contribution in [0.4, 0.5) is 0 Å². The van der Waals surface area contributed by atoms with Crippen LogP contribution in [0.1, 0.15) is 78.6 Å². The van der Waals surface area contributed by atoms with E-state index in [1.165, 1.54) is 57.8 Å². The molecule has 0 aliphatic carbocycles. The number of rotatable bonds is 11. The van der Waals surface area contributed by atoms with Gasteiger partial charge in [0.1, 0.15) is 0 Å². The van der Waals surface area contributed by atoms with E-state index in [0.29, 0.717) is 0 Å². The van der Waals surface area contributed by atoms with Crippen LogP contribution < -0.4 is 0 Å². The molecule has 0 bridgehead atoms. The highest BCUT2D eigenvalue weighted by molar-refractivity contribution is 4.88. The summed E-state index contributed by atoms with van der Waals surface area (Å²) >= 11 is 0. The van der Waals surface area contributed by atoms with Crippen molar-refractivity contribution in [1.29, 1.82) is 0 Å². The number of unbranched alkanes of at least 4 members (excludes halogenated alkanes) is 6. The monoisotopic (exact) mass is 236 g/mol. The molecule has 100 valence electrons. The summed E-state index contributed by atoms with van der Waals surface area (Å²) in [6, 6.07) is 0. The van der Waals surface area contributed by atoms with Crippen LogP contribution in [-0.2, 0) is 0 Å². The maximum atomic E-state index is 2.36. The molecule has 0 amide bonds. The molecule has 0 aromatic carbocycles. The van der Waals surface area contributed by atoms with Gasteiger partial charge in [-0.25, -0.2) is 0 Å². The Hall–Kier alpha value is -0.520. The number of hydrogen-bond acceptors (Lipinski definition) is 0. The van der Waals surface area contributed by atoms with Crippen molar-refractivity contribution in [3.05, 3.63) is 24.3 Å². The Kier molecular flexibility index (Phi) is 13.1. The largest absolute Gasteiger partial charge is 0.0885 e. The van der Waals surface area contributed by atoms with Crippen molar-refractivity contribution >= 4 is 0 Å². The first kappa shape index (κ1) is 16.5. The van der Waals surface area contributed by atoms with E-state index in [-0.39, 0.29) is 0 Å². The van der Waals surface area contributed by atoms with Crippen molar-refractivity contribution in [1.82, 2.24) is 0 Å². The Morgan fingerprint density at radius 3 is 1.94 bits per heavy atom. The molecule has 0 unspecified atom stereocenters. The third-order valence-electron chi connectivity index (χ3n) is 2.92. The molecular weight excluding hydrogens is 204 g/mol. The van der Waals surface area contributed by atoms with Crippen LogP contribution in [0.25, 0.3) is 0 Å². The number of allylic oxidation sites excluding steroid dienone is 4. The van der Waals surface area contributed by atoms with E-state index in [1.54, 1.807) is 0 Å². The van der Waals surface area contributed by atoms with E-state index in [1.807, 2.05) is 0 Å². The topological polar surface area (TPSA) is 0 Å². The second-order valence-electron chi connectivity index (χ2n) is 5.35. The van der Waals surface area contributed by atoms with Crippen LogP contribution in [0.2, 0.25) is 0 Å². The normalized spacial score (nSPS) is 12.2. The Labute approximate surface area is 109 Å². The van der Waals surface area contributed by atoms with E-state index < -0.39 is 0 Å². The van der Waals surface area contributed by atoms with Gasteiger partial charge >= 0.3 is 0 Å². The smallest absolute Gasteiger partial charge is 0.0316 e. The van der Waals surface area contributed by atoms with Crippen molar-refractivity contribution in [2.45, 2.75) is 78.6 Å². The molecule has 0 aliphatic rings. The second kappa shape index (κ2) is 13.5. The highest BCUT2D eigenvalue weighted by atomic mass is 13.9. The van der Waals surface area contributed by atoms with E-state index in [2.05, 4.69) is 45.1 Å². The Morgan fingerprint density at radius 1 is 0.706 bits per heavy atom. The molecular formula is C17H32. The van der Waals surface area contributed by atoms with E-state index in [0.717, 1.165) is 5.92 Å². The molecule has 0 rings (SSSR count). The first-order valence-corrected chi connectivity index (χ1v) is 7.57. The van der Waals surface area contributed by atoms with Crippen molar-refractivity contribution in [3.63, 3.8) is 0 Å². The Bertz CT molecular complexity index is 186. The average Bonchev–Trinajstić information content (AvgIpc) is 2.30. The van der Waals surface area contributed by atoms with Gasteiger partial charge in [-0.05, 0) is 38.0 Å². The zero-order valence-electron chi connectivity index (χ0n) is 12.3. The van der Waals surface area contributed by atoms with Crippen LogP contribution >= 0.6 is 0 Å². The van der Waals surface area contributed by atoms with Crippen molar-refractivity contribution in [3.8, 4) is 0 Å². The fourth-order valence-corrected chi connectivity index (χ4v) is 1.78. The minimum absolute atomic E-state index is 0.796. The highest BCUT2D eigenvalue weighted by Gasteiger charge is 1.87. The minimum Gasteiger partial charge on any atom is -0.0885 e. The predicted octanol–water partition coefficient (Wildman–Crippen LogP) is 6.29. The van der Waals surface area contributed by atoms with Gasteiger partial charge in [-0.15, -0.1) is 0 Å². The summed E-state index contributed by atoms with van der Waals surface area (Å²) in [6.45, 7) is 6.80. The molecule has 0 aliphatic heterocycles. The van der Waals surface area contributed by atoms with Gasteiger partial charge in [0.2, 0.25) is 0 Å². The van der Waals surface area contributed by atoms with E-state index in [4.69, 9.17) is 0 Å². The Morgan fingerprint density at radius 2 is 1.29 bits per heavy atom. The molecule has 0 radical (unpaired) electrons. The van der Waals surface area contributed by atoms with E-state index in [9.17, 15) is 0 Å². The summed E-state index contributed by atoms with van der Waals surface area (Å²) in [6.07, 6.45) is 21.2. The van der Waals surface area contributed by atoms with Crippen molar-refractivity contribution < 1.29 is 0 Å². The van der Waals surface area contributed by atoms with Gasteiger partial charge in [0.05, 0.1) is 0 Å². The molecule has 0 saturated heterocycles. The Balaban J connectivity index is 3.17. The summed E-state index contributed by atoms with van der Waals surface area (Å²) in [5.74, 6) is 0.796. The van der Waals surface area contributed by atoms with Crippen LogP contribution in [0.5, 0.6) is 0 Å². The summed E-state index contributed by atoms with van der Waals surface area (Å²) in [7, 11) is 0. The number of hydrogen-bond donors (Lipinski definition) is 0. The van der Waals surface area contributed by atoms with Gasteiger partial charge < -0.3 is 0 Å². The lowest BCUT2D eigenvalue weighted by atomic mass is 10.1. The fraction of sp³-hybridized carbons (Fsp3) is 0.765. The lowest BCUT2D eigenvalue weighted by Crippen LogP contribution is -1.80. The first-order valence-electron chi connectivity index (χ1n) is 7.57. The molecule has 0 fully saturated rings. The lowest BCUT2D eigenvalue weighted by Gasteiger charge is -1.96. The highest BCUT2D eigenvalue weighted by Crippen LogP contribution is 2.06. The van der Waals surface area contributed by atoms with Gasteiger partial charge in [-0.3, -0.25) is 0 Å². The molecule has 0 aromatic rings. The third-order valence-corrected chi connectivity index (χ3v) is 2.92. The lowest BCUT2D eigenvalue weighted by molar-refractivity contribution is 0.637. The predicted molar refractivity (Wildman–Crippen MR) is 80.3 cm³/mol. The molecule has 0 atom stereocenters. The van der Waals surface area contributed by atoms with Crippen LogP contribution in [-0.4, -0.2) is 0 Å². The van der Waals surface area contributed by atoms with Gasteiger partial charge in [-0.2, -0.15) is 0 Å². The maximum Gasteiger partial charge on any atom is -0.0316 e. The average molecular weight is 236 g/mol. The van der Waals surface area contributed by atoms with Crippen LogP contribution in [0.15, 0.2) is 24.3 Å². The zero-order chi connectivity index (χ0) is 12.8. The van der Waals surface area contributed by atoms with Crippen LogP contribution in [0.3, 0.4) is 0 Å². The van der Waals surface area contributed by atoms with Crippen LogP contribution in [0, 0.1) is 5.92 Å². The molecule has 0 aromatic heterocycles. The fourth-order valence-electron chi connectivity index (χ4n) is 1.78. The molecule has 0 heterocycles. The molecule has 0 saturated carbocycles. The molecule has 0 nitrogen and oxygen atoms in total. The van der Waals surface area contributed by atoms with Crippen molar-refractivity contribution in [2.75, 3.05) is 0 Å². The molecule has 0 N–H and O–H groups in total. The van der Waals surface area contributed by atoms with Gasteiger partial charge in [-0.1, -0.05) is 70.8 Å². The molecule has 0 spiro atoms. The standard InChI is InChI=1S/C17H32/c1-4-5-6-7-8-9-10-11-12-13-14-15-16-17(2)3/h10-11,14-15,17H,4-9,12-13,16H2,1-3H3/b11-10+,15-14+. The SMILES string of the molecule is CCCCCCC/C=C/CC/C=C/CC(C)C. The first-order chi connectivity index (χ1) is 8.27. The second-order valence-corrected chi connectivity index (χ2v) is 5.35. The van der Waals surface area contributed by atoms with Crippen molar-refractivity contribution in [2.24, 2.45) is 5.92 Å². The third kappa shape index (κ3) is 15.5.